The van der Waals surface area contributed by atoms with Crippen molar-refractivity contribution in [2.75, 3.05) is 19.6 Å². The van der Waals surface area contributed by atoms with Gasteiger partial charge in [0.05, 0.1) is 0 Å². The smallest absolute Gasteiger partial charge is 0.356 e. The molecule has 1 unspecified atom stereocenters. The summed E-state index contributed by atoms with van der Waals surface area (Å²) in [6.07, 6.45) is -0.682. The molecule has 0 aromatic carbocycles. The van der Waals surface area contributed by atoms with E-state index in [0.29, 0.717) is 30.3 Å². The number of fused-ring (bicyclic) bond motifs is 1. The molecule has 1 saturated heterocycles. The first-order valence-electron chi connectivity index (χ1n) is 9.53. The maximum Gasteiger partial charge on any atom is 0.453 e. The van der Waals surface area contributed by atoms with E-state index in [-0.39, 0.29) is 30.5 Å². The van der Waals surface area contributed by atoms with Crippen LogP contribution >= 0.6 is 12.4 Å². The minimum Gasteiger partial charge on any atom is -0.356 e. The van der Waals surface area contributed by atoms with Gasteiger partial charge in [0.25, 0.3) is 11.6 Å². The van der Waals surface area contributed by atoms with Gasteiger partial charge in [-0.15, -0.1) is 17.5 Å². The molecule has 2 aromatic rings. The second kappa shape index (κ2) is 9.71. The summed E-state index contributed by atoms with van der Waals surface area (Å²) in [5.74, 6) is -0.774. The maximum absolute atomic E-state index is 12.8. The van der Waals surface area contributed by atoms with Gasteiger partial charge in [0.15, 0.2) is 0 Å². The van der Waals surface area contributed by atoms with Crippen LogP contribution in [0.2, 0.25) is 0 Å². The molecule has 3 heterocycles. The molecule has 2 aromatic heterocycles. The molecule has 3 rings (SSSR count). The predicted molar refractivity (Wildman–Crippen MR) is 104 cm³/mol. The Bertz CT molecular complexity index is 848. The van der Waals surface area contributed by atoms with Crippen molar-refractivity contribution in [3.63, 3.8) is 0 Å². The third-order valence-corrected chi connectivity index (χ3v) is 5.18. The third kappa shape index (κ3) is 5.79. The number of nitrogens with one attached hydrogen (secondary N) is 2. The maximum atomic E-state index is 12.8. The number of halogens is 4. The van der Waals surface area contributed by atoms with Gasteiger partial charge in [-0.1, -0.05) is 0 Å². The zero-order chi connectivity index (χ0) is 20.3. The van der Waals surface area contributed by atoms with E-state index in [1.165, 1.54) is 12.8 Å². The summed E-state index contributed by atoms with van der Waals surface area (Å²) in [5, 5.41) is 9.81. The summed E-state index contributed by atoms with van der Waals surface area (Å²) in [5.41, 5.74) is 1.80. The van der Waals surface area contributed by atoms with E-state index >= 15 is 0 Å². The van der Waals surface area contributed by atoms with Crippen molar-refractivity contribution in [1.82, 2.24) is 30.2 Å². The van der Waals surface area contributed by atoms with Crippen molar-refractivity contribution in [2.24, 2.45) is 5.92 Å². The fourth-order valence-electron chi connectivity index (χ4n) is 3.60. The van der Waals surface area contributed by atoms with Crippen LogP contribution in [0, 0.1) is 19.8 Å². The van der Waals surface area contributed by atoms with E-state index in [4.69, 9.17) is 0 Å². The number of rotatable bonds is 6. The third-order valence-electron chi connectivity index (χ3n) is 5.18. The zero-order valence-corrected chi connectivity index (χ0v) is 17.3. The molecule has 1 atom stereocenters. The van der Waals surface area contributed by atoms with Crippen molar-refractivity contribution < 1.29 is 18.0 Å². The van der Waals surface area contributed by atoms with Crippen molar-refractivity contribution in [2.45, 2.75) is 52.1 Å². The quantitative estimate of drug-likeness (QED) is 0.730. The van der Waals surface area contributed by atoms with E-state index in [2.05, 4.69) is 25.7 Å². The Balaban J connectivity index is 0.00000300. The van der Waals surface area contributed by atoms with Gasteiger partial charge in [-0.3, -0.25) is 4.79 Å². The van der Waals surface area contributed by atoms with Crippen molar-refractivity contribution >= 4 is 24.1 Å². The summed E-state index contributed by atoms with van der Waals surface area (Å²) < 4.78 is 39.6. The Morgan fingerprint density at radius 1 is 1.31 bits per heavy atom. The molecule has 0 aliphatic carbocycles. The summed E-state index contributed by atoms with van der Waals surface area (Å²) in [6.45, 7) is 6.07. The Labute approximate surface area is 173 Å². The number of nitrogens with zero attached hydrogens (tertiary/aromatic N) is 4. The van der Waals surface area contributed by atoms with Crippen LogP contribution in [-0.2, 0) is 17.4 Å². The Kier molecular flexibility index (Phi) is 7.81. The molecular formula is C18H26ClF3N6O. The number of carbonyl (C=O) groups excluding carboxylic acids is 1. The summed E-state index contributed by atoms with van der Waals surface area (Å²) >= 11 is 0. The zero-order valence-electron chi connectivity index (χ0n) is 16.5. The first-order valence-corrected chi connectivity index (χ1v) is 9.53. The van der Waals surface area contributed by atoms with Crippen LogP contribution in [0.15, 0.2) is 0 Å². The second-order valence-electron chi connectivity index (χ2n) is 7.26. The minimum absolute atomic E-state index is 0. The van der Waals surface area contributed by atoms with Crippen LogP contribution in [0.4, 0.5) is 13.2 Å². The van der Waals surface area contributed by atoms with Crippen molar-refractivity contribution in [3.8, 4) is 0 Å². The number of aryl methyl sites for hydroxylation is 2. The van der Waals surface area contributed by atoms with Gasteiger partial charge >= 0.3 is 6.18 Å². The molecule has 162 valence electrons. The minimum atomic E-state index is -4.62. The Morgan fingerprint density at radius 2 is 2.07 bits per heavy atom. The van der Waals surface area contributed by atoms with Gasteiger partial charge in [0, 0.05) is 24.4 Å². The molecule has 7 nitrogen and oxygen atoms in total. The molecule has 1 fully saturated rings. The van der Waals surface area contributed by atoms with Crippen molar-refractivity contribution in [1.29, 1.82) is 0 Å². The van der Waals surface area contributed by atoms with E-state index < -0.39 is 12.0 Å². The predicted octanol–water partition coefficient (Wildman–Crippen LogP) is 2.62. The second-order valence-corrected chi connectivity index (χ2v) is 7.26. The molecule has 11 heteroatoms. The lowest BCUT2D eigenvalue weighted by Crippen LogP contribution is -2.33. The topological polar surface area (TPSA) is 84.2 Å². The molecule has 29 heavy (non-hydrogen) atoms. The van der Waals surface area contributed by atoms with Gasteiger partial charge in [-0.2, -0.15) is 18.2 Å². The molecule has 0 bridgehead atoms. The Morgan fingerprint density at radius 3 is 2.72 bits per heavy atom. The monoisotopic (exact) mass is 434 g/mol. The van der Waals surface area contributed by atoms with E-state index in [9.17, 15) is 18.0 Å². The molecule has 0 radical (unpaired) electrons. The van der Waals surface area contributed by atoms with Crippen LogP contribution in [0.3, 0.4) is 0 Å². The van der Waals surface area contributed by atoms with Gasteiger partial charge < -0.3 is 10.6 Å². The van der Waals surface area contributed by atoms with E-state index in [1.807, 2.05) is 0 Å². The molecule has 1 aliphatic heterocycles. The van der Waals surface area contributed by atoms with E-state index in [1.54, 1.807) is 13.8 Å². The highest BCUT2D eigenvalue weighted by atomic mass is 35.5. The highest BCUT2D eigenvalue weighted by Crippen LogP contribution is 2.27. The van der Waals surface area contributed by atoms with E-state index in [0.717, 1.165) is 29.6 Å². The number of hydrogen-bond donors (Lipinski definition) is 2. The highest BCUT2D eigenvalue weighted by Gasteiger charge is 2.36. The number of hydrogen-bond acceptors (Lipinski definition) is 5. The number of carbonyl (C=O) groups is 1. The fraction of sp³-hybridized carbons (Fsp3) is 0.667. The molecule has 1 aliphatic rings. The fourth-order valence-corrected chi connectivity index (χ4v) is 3.60. The van der Waals surface area contributed by atoms with Crippen LogP contribution in [0.1, 0.15) is 48.5 Å². The standard InChI is InChI=1S/C18H25F3N6O.ClH/c1-11-14(5-6-15(28)23-9-7-13-4-3-8-22-10-13)12(2)27-17(24-11)25-16(26-27)18(19,20)21;/h13,22H,3-10H2,1-2H3,(H,23,28);1H. The van der Waals surface area contributed by atoms with Crippen LogP contribution in [0.25, 0.3) is 5.78 Å². The largest absolute Gasteiger partial charge is 0.453 e. The molecule has 0 saturated carbocycles. The van der Waals surface area contributed by atoms with Crippen LogP contribution < -0.4 is 10.6 Å². The number of piperidine rings is 1. The summed E-state index contributed by atoms with van der Waals surface area (Å²) in [7, 11) is 0. The number of alkyl halides is 3. The molecular weight excluding hydrogens is 409 g/mol. The van der Waals surface area contributed by atoms with Crippen molar-refractivity contribution in [3.05, 3.63) is 22.8 Å². The van der Waals surface area contributed by atoms with Crippen LogP contribution in [0.5, 0.6) is 0 Å². The Hall–Kier alpha value is -1.94. The SMILES string of the molecule is Cc1nc2nc(C(F)(F)F)nn2c(C)c1CCC(=O)NCCC1CCCNC1.Cl. The highest BCUT2D eigenvalue weighted by molar-refractivity contribution is 5.85. The number of aromatic nitrogens is 4. The molecule has 0 spiro atoms. The first-order chi connectivity index (χ1) is 13.3. The van der Waals surface area contributed by atoms with Gasteiger partial charge in [-0.05, 0) is 64.1 Å². The van der Waals surface area contributed by atoms with Crippen LogP contribution in [-0.4, -0.2) is 45.1 Å². The lowest BCUT2D eigenvalue weighted by molar-refractivity contribution is -0.144. The van der Waals surface area contributed by atoms with Gasteiger partial charge in [0.1, 0.15) is 0 Å². The summed E-state index contributed by atoms with van der Waals surface area (Å²) in [6, 6.07) is 0. The average Bonchev–Trinajstić information content (AvgIpc) is 3.07. The lowest BCUT2D eigenvalue weighted by atomic mass is 9.96. The first kappa shape index (κ1) is 23.3. The van der Waals surface area contributed by atoms with Gasteiger partial charge in [-0.25, -0.2) is 9.50 Å². The van der Waals surface area contributed by atoms with Gasteiger partial charge in [0.2, 0.25) is 5.91 Å². The average molecular weight is 435 g/mol. The molecule has 2 N–H and O–H groups in total. The lowest BCUT2D eigenvalue weighted by Gasteiger charge is -2.22. The number of amides is 1. The summed E-state index contributed by atoms with van der Waals surface area (Å²) in [4.78, 5) is 19.7. The normalized spacial score (nSPS) is 17.2. The molecule has 1 amide bonds.